The minimum Gasteiger partial charge on any atom is -0.438 e. The average molecular weight is 491 g/mol. The van der Waals surface area contributed by atoms with Gasteiger partial charge in [0.1, 0.15) is 12.2 Å². The van der Waals surface area contributed by atoms with Crippen LogP contribution in [-0.4, -0.2) is 87.5 Å². The number of tetrazole rings is 1. The number of rotatable bonds is 5. The highest BCUT2D eigenvalue weighted by molar-refractivity contribution is 5.91. The van der Waals surface area contributed by atoms with Crippen molar-refractivity contribution < 1.29 is 27.9 Å². The summed E-state index contributed by atoms with van der Waals surface area (Å²) in [5, 5.41) is 15.0. The number of carbonyl (C=O) groups is 3. The number of halogens is 2. The molecule has 2 unspecified atom stereocenters. The first kappa shape index (κ1) is 22.9. The van der Waals surface area contributed by atoms with E-state index in [9.17, 15) is 14.4 Å². The van der Waals surface area contributed by atoms with E-state index in [-0.39, 0.29) is 68.5 Å². The number of hydrazine groups is 1. The maximum atomic E-state index is 15.1. The van der Waals surface area contributed by atoms with Gasteiger partial charge in [-0.15, -0.1) is 10.2 Å². The standard InChI is InChI=1S/C20H23F2N9O4/c1-12(32)26-16-8-20(16)10-29(19(34)35-20)13-6-14(21)18(15(22)7-13)28-3-2-24-30(5-4-28)17(33)9-31-25-11-23-27-31/h6-7,11,16,24H,2-5,8-10H2,1H3,(H,26,32). The van der Waals surface area contributed by atoms with Crippen molar-refractivity contribution in [1.29, 1.82) is 0 Å². The van der Waals surface area contributed by atoms with Crippen molar-refractivity contribution in [2.75, 3.05) is 42.5 Å². The molecule has 3 aliphatic rings. The van der Waals surface area contributed by atoms with Crippen LogP contribution in [0.2, 0.25) is 0 Å². The minimum absolute atomic E-state index is 0.0317. The Morgan fingerprint density at radius 1 is 1.26 bits per heavy atom. The van der Waals surface area contributed by atoms with Crippen molar-refractivity contribution in [3.8, 4) is 0 Å². The first-order valence-corrected chi connectivity index (χ1v) is 11.0. The van der Waals surface area contributed by atoms with Crippen LogP contribution >= 0.6 is 0 Å². The lowest BCUT2D eigenvalue weighted by molar-refractivity contribution is -0.135. The van der Waals surface area contributed by atoms with Crippen LogP contribution < -0.4 is 20.5 Å². The molecule has 5 rings (SSSR count). The number of carbonyl (C=O) groups excluding carboxylic acids is 3. The SMILES string of the molecule is CC(=O)NC1CC12CN(c1cc(F)c(N3CCNN(C(=O)Cn4ncnn4)CC3)c(F)c1)C(=O)O2. The van der Waals surface area contributed by atoms with E-state index in [0.29, 0.717) is 6.42 Å². The van der Waals surface area contributed by atoms with E-state index in [1.807, 2.05) is 0 Å². The lowest BCUT2D eigenvalue weighted by Gasteiger charge is -2.25. The van der Waals surface area contributed by atoms with Crippen LogP contribution in [0, 0.1) is 11.6 Å². The summed E-state index contributed by atoms with van der Waals surface area (Å²) < 4.78 is 35.7. The molecule has 0 radical (unpaired) electrons. The van der Waals surface area contributed by atoms with E-state index >= 15 is 8.78 Å². The molecule has 2 saturated heterocycles. The predicted octanol–water partition coefficient (Wildman–Crippen LogP) is -0.591. The number of anilines is 2. The molecule has 2 aliphatic heterocycles. The zero-order valence-electron chi connectivity index (χ0n) is 18.8. The van der Waals surface area contributed by atoms with Crippen LogP contribution in [0.1, 0.15) is 13.3 Å². The maximum Gasteiger partial charge on any atom is 0.415 e. The smallest absolute Gasteiger partial charge is 0.415 e. The Hall–Kier alpha value is -3.88. The highest BCUT2D eigenvalue weighted by Crippen LogP contribution is 2.46. The summed E-state index contributed by atoms with van der Waals surface area (Å²) in [5.74, 6) is -2.24. The second kappa shape index (κ2) is 8.72. The second-order valence-electron chi connectivity index (χ2n) is 8.64. The zero-order chi connectivity index (χ0) is 24.7. The number of nitrogens with one attached hydrogen (secondary N) is 2. The molecule has 1 spiro atoms. The van der Waals surface area contributed by atoms with Crippen molar-refractivity contribution in [3.63, 3.8) is 0 Å². The normalized spacial score (nSPS) is 23.9. The predicted molar refractivity (Wildman–Crippen MR) is 115 cm³/mol. The Kier molecular flexibility index (Phi) is 5.70. The number of amides is 3. The summed E-state index contributed by atoms with van der Waals surface area (Å²) in [7, 11) is 0. The van der Waals surface area contributed by atoms with Gasteiger partial charge in [0.05, 0.1) is 24.8 Å². The van der Waals surface area contributed by atoms with Gasteiger partial charge in [-0.2, -0.15) is 4.80 Å². The molecular formula is C20H23F2N9O4. The van der Waals surface area contributed by atoms with Crippen LogP contribution in [-0.2, 0) is 20.9 Å². The quantitative estimate of drug-likeness (QED) is 0.562. The fourth-order valence-corrected chi connectivity index (χ4v) is 4.44. The monoisotopic (exact) mass is 491 g/mol. The molecule has 2 aromatic rings. The van der Waals surface area contributed by atoms with Gasteiger partial charge in [0.15, 0.2) is 23.6 Å². The Morgan fingerprint density at radius 3 is 2.71 bits per heavy atom. The third-order valence-corrected chi connectivity index (χ3v) is 6.22. The van der Waals surface area contributed by atoms with Crippen molar-refractivity contribution in [2.24, 2.45) is 0 Å². The van der Waals surface area contributed by atoms with E-state index in [1.54, 1.807) is 0 Å². The molecule has 13 nitrogen and oxygen atoms in total. The van der Waals surface area contributed by atoms with E-state index in [0.717, 1.165) is 16.9 Å². The summed E-state index contributed by atoms with van der Waals surface area (Å²) >= 11 is 0. The third-order valence-electron chi connectivity index (χ3n) is 6.22. The number of hydrogen-bond acceptors (Lipinski definition) is 9. The van der Waals surface area contributed by atoms with Gasteiger partial charge in [0, 0.05) is 45.1 Å². The van der Waals surface area contributed by atoms with Gasteiger partial charge < -0.3 is 15.0 Å². The first-order valence-electron chi connectivity index (χ1n) is 11.0. The van der Waals surface area contributed by atoms with Crippen LogP contribution in [0.5, 0.6) is 0 Å². The Bertz CT molecular complexity index is 1140. The summed E-state index contributed by atoms with van der Waals surface area (Å²) in [5.41, 5.74) is 1.85. The number of ether oxygens (including phenoxy) is 1. The molecule has 0 bridgehead atoms. The van der Waals surface area contributed by atoms with Crippen LogP contribution in [0.15, 0.2) is 18.5 Å². The van der Waals surface area contributed by atoms with Crippen LogP contribution in [0.25, 0.3) is 0 Å². The molecule has 3 heterocycles. The lowest BCUT2D eigenvalue weighted by Crippen LogP contribution is -2.45. The van der Waals surface area contributed by atoms with Gasteiger partial charge >= 0.3 is 6.09 Å². The maximum absolute atomic E-state index is 15.1. The van der Waals surface area contributed by atoms with Gasteiger partial charge in [-0.05, 0) is 5.21 Å². The molecule has 2 atom stereocenters. The topological polar surface area (TPSA) is 138 Å². The largest absolute Gasteiger partial charge is 0.438 e. The molecular weight excluding hydrogens is 468 g/mol. The van der Waals surface area contributed by atoms with Crippen LogP contribution in [0.4, 0.5) is 25.0 Å². The van der Waals surface area contributed by atoms with Crippen molar-refractivity contribution in [3.05, 3.63) is 30.1 Å². The fraction of sp³-hybridized carbons (Fsp3) is 0.500. The molecule has 2 N–H and O–H groups in total. The molecule has 1 aromatic heterocycles. The average Bonchev–Trinajstić information content (AvgIpc) is 3.07. The number of aromatic nitrogens is 4. The third kappa shape index (κ3) is 4.45. The Balaban J connectivity index is 1.26. The molecule has 15 heteroatoms. The molecule has 186 valence electrons. The highest BCUT2D eigenvalue weighted by atomic mass is 19.1. The van der Waals surface area contributed by atoms with Gasteiger partial charge in [0.2, 0.25) is 5.91 Å². The number of hydrogen-bond donors (Lipinski definition) is 2. The molecule has 1 saturated carbocycles. The van der Waals surface area contributed by atoms with Crippen molar-refractivity contribution in [2.45, 2.75) is 31.5 Å². The van der Waals surface area contributed by atoms with Gasteiger partial charge in [-0.25, -0.2) is 19.0 Å². The van der Waals surface area contributed by atoms with Crippen molar-refractivity contribution in [1.82, 2.24) is 36.0 Å². The summed E-state index contributed by atoms with van der Waals surface area (Å²) in [6, 6.07) is 1.86. The second-order valence-corrected chi connectivity index (χ2v) is 8.64. The van der Waals surface area contributed by atoms with E-state index in [4.69, 9.17) is 4.74 Å². The highest BCUT2D eigenvalue weighted by Gasteiger charge is 2.64. The lowest BCUT2D eigenvalue weighted by atomic mass is 10.2. The Labute approximate surface area is 197 Å². The van der Waals surface area contributed by atoms with E-state index < -0.39 is 23.3 Å². The number of benzene rings is 1. The van der Waals surface area contributed by atoms with Crippen LogP contribution in [0.3, 0.4) is 0 Å². The zero-order valence-corrected chi connectivity index (χ0v) is 18.8. The summed E-state index contributed by atoms with van der Waals surface area (Å²) in [6.07, 6.45) is 0.939. The number of nitrogens with zero attached hydrogens (tertiary/aromatic N) is 7. The summed E-state index contributed by atoms with van der Waals surface area (Å²) in [6.45, 7) is 2.17. The molecule has 3 fully saturated rings. The molecule has 1 aliphatic carbocycles. The van der Waals surface area contributed by atoms with Gasteiger partial charge in [-0.3, -0.25) is 19.5 Å². The molecule has 35 heavy (non-hydrogen) atoms. The van der Waals surface area contributed by atoms with E-state index in [2.05, 4.69) is 26.2 Å². The first-order chi connectivity index (χ1) is 16.8. The summed E-state index contributed by atoms with van der Waals surface area (Å²) in [4.78, 5) is 40.0. The fourth-order valence-electron chi connectivity index (χ4n) is 4.44. The minimum atomic E-state index is -0.872. The molecule has 3 amide bonds. The van der Waals surface area contributed by atoms with E-state index in [1.165, 1.54) is 28.1 Å². The Morgan fingerprint density at radius 2 is 2.03 bits per heavy atom. The van der Waals surface area contributed by atoms with Crippen molar-refractivity contribution >= 4 is 29.3 Å². The van der Waals surface area contributed by atoms with Gasteiger partial charge in [-0.1, -0.05) is 0 Å². The molecule has 1 aromatic carbocycles. The van der Waals surface area contributed by atoms with Gasteiger partial charge in [0.25, 0.3) is 5.91 Å².